The number of carbonyl (C=O) groups excluding carboxylic acids is 2. The topological polar surface area (TPSA) is 102 Å². The number of hydrogen-bond acceptors (Lipinski definition) is 6. The van der Waals surface area contributed by atoms with Crippen LogP contribution in [-0.4, -0.2) is 43.6 Å². The van der Waals surface area contributed by atoms with Crippen LogP contribution in [0.2, 0.25) is 0 Å². The summed E-state index contributed by atoms with van der Waals surface area (Å²) < 4.78 is 7.54. The summed E-state index contributed by atoms with van der Waals surface area (Å²) >= 11 is 0. The fraction of sp³-hybridized carbons (Fsp3) is 0.286. The molecule has 0 aliphatic rings. The van der Waals surface area contributed by atoms with Crippen LogP contribution in [0.5, 0.6) is 11.5 Å². The lowest BCUT2D eigenvalue weighted by molar-refractivity contribution is -0.130. The van der Waals surface area contributed by atoms with Crippen molar-refractivity contribution in [1.82, 2.24) is 24.6 Å². The summed E-state index contributed by atoms with van der Waals surface area (Å²) in [7, 11) is 3.29. The monoisotopic (exact) mass is 408 g/mol. The normalized spacial score (nSPS) is 11.6. The molecule has 3 amide bonds. The fourth-order valence-corrected chi connectivity index (χ4v) is 2.64. The smallest absolute Gasteiger partial charge is 0.329 e. The number of carbonyl (C=O) groups is 2. The van der Waals surface area contributed by atoms with Gasteiger partial charge in [-0.05, 0) is 24.6 Å². The molecular weight excluding hydrogens is 384 g/mol. The van der Waals surface area contributed by atoms with Gasteiger partial charge in [0.05, 0.1) is 18.1 Å². The van der Waals surface area contributed by atoms with Gasteiger partial charge in [0, 0.05) is 44.0 Å². The van der Waals surface area contributed by atoms with Crippen LogP contribution < -0.4 is 10.1 Å². The van der Waals surface area contributed by atoms with Crippen LogP contribution in [0, 0.1) is 5.92 Å². The zero-order valence-electron chi connectivity index (χ0n) is 17.4. The quantitative estimate of drug-likeness (QED) is 0.667. The molecule has 0 spiro atoms. The Labute approximate surface area is 174 Å². The fourth-order valence-electron chi connectivity index (χ4n) is 2.64. The van der Waals surface area contributed by atoms with Gasteiger partial charge in [-0.2, -0.15) is 5.10 Å². The number of ether oxygens (including phenoxy) is 1. The molecule has 0 radical (unpaired) electrons. The van der Waals surface area contributed by atoms with Crippen molar-refractivity contribution in [3.63, 3.8) is 0 Å². The van der Waals surface area contributed by atoms with E-state index in [1.807, 2.05) is 26.2 Å². The molecule has 0 saturated carbocycles. The van der Waals surface area contributed by atoms with Gasteiger partial charge in [-0.1, -0.05) is 13.8 Å². The molecule has 1 atom stereocenters. The lowest BCUT2D eigenvalue weighted by Gasteiger charge is -2.19. The van der Waals surface area contributed by atoms with E-state index in [2.05, 4.69) is 20.4 Å². The minimum Gasteiger partial charge on any atom is -0.456 e. The Kier molecular flexibility index (Phi) is 6.41. The first-order valence-corrected chi connectivity index (χ1v) is 9.55. The summed E-state index contributed by atoms with van der Waals surface area (Å²) in [4.78, 5) is 33.9. The number of imide groups is 1. The van der Waals surface area contributed by atoms with Crippen LogP contribution in [0.4, 0.5) is 10.6 Å². The minimum absolute atomic E-state index is 0.221. The highest BCUT2D eigenvalue weighted by Crippen LogP contribution is 2.25. The van der Waals surface area contributed by atoms with Crippen molar-refractivity contribution in [3.05, 3.63) is 49.1 Å². The van der Waals surface area contributed by atoms with Crippen LogP contribution in [0.25, 0.3) is 11.3 Å². The van der Waals surface area contributed by atoms with Crippen LogP contribution in [0.15, 0.2) is 49.1 Å². The Hall–Kier alpha value is -3.75. The van der Waals surface area contributed by atoms with E-state index in [0.29, 0.717) is 23.7 Å². The predicted molar refractivity (Wildman–Crippen MR) is 112 cm³/mol. The molecule has 9 nitrogen and oxygen atoms in total. The van der Waals surface area contributed by atoms with Gasteiger partial charge in [-0.25, -0.2) is 9.78 Å². The molecule has 1 N–H and O–H groups in total. The summed E-state index contributed by atoms with van der Waals surface area (Å²) in [6.45, 7) is 3.69. The number of anilines is 1. The highest BCUT2D eigenvalue weighted by Gasteiger charge is 2.21. The number of nitrogens with zero attached hydrogens (tertiary/aromatic N) is 5. The molecule has 3 heterocycles. The lowest BCUT2D eigenvalue weighted by atomic mass is 10.1. The summed E-state index contributed by atoms with van der Waals surface area (Å²) in [5, 5.41) is 6.75. The van der Waals surface area contributed by atoms with Crippen molar-refractivity contribution in [2.24, 2.45) is 13.0 Å². The van der Waals surface area contributed by atoms with E-state index in [0.717, 1.165) is 16.2 Å². The number of pyridine rings is 2. The van der Waals surface area contributed by atoms with E-state index in [1.54, 1.807) is 42.2 Å². The highest BCUT2D eigenvalue weighted by molar-refractivity contribution is 6.01. The molecule has 1 unspecified atom stereocenters. The standard InChI is InChI=1S/C21H24N6O3/c1-5-14(2)20(28)27(4)21(29)25-19-7-6-17(12-23-19)30-16-8-9-22-18(10-16)15-11-24-26(3)13-15/h6-14H,5H2,1-4H3,(H,23,25,29). The molecule has 30 heavy (non-hydrogen) atoms. The number of nitrogens with one attached hydrogen (secondary N) is 1. The Morgan fingerprint density at radius 2 is 2.00 bits per heavy atom. The molecular formula is C21H24N6O3. The minimum atomic E-state index is -0.531. The van der Waals surface area contributed by atoms with Gasteiger partial charge in [-0.15, -0.1) is 0 Å². The van der Waals surface area contributed by atoms with Gasteiger partial charge >= 0.3 is 6.03 Å². The SMILES string of the molecule is CCC(C)C(=O)N(C)C(=O)Nc1ccc(Oc2ccnc(-c3cnn(C)c3)c2)cn1. The van der Waals surface area contributed by atoms with Gasteiger partial charge in [0.25, 0.3) is 0 Å². The number of hydrogen-bond donors (Lipinski definition) is 1. The average Bonchev–Trinajstić information content (AvgIpc) is 3.20. The maximum atomic E-state index is 12.2. The first kappa shape index (κ1) is 21.0. The molecule has 3 aromatic heterocycles. The van der Waals surface area contributed by atoms with E-state index < -0.39 is 6.03 Å². The maximum Gasteiger partial charge on any atom is 0.329 e. The number of urea groups is 1. The van der Waals surface area contributed by atoms with Crippen molar-refractivity contribution >= 4 is 17.8 Å². The van der Waals surface area contributed by atoms with E-state index in [1.165, 1.54) is 13.2 Å². The molecule has 0 aromatic carbocycles. The second kappa shape index (κ2) is 9.17. The molecule has 3 aromatic rings. The van der Waals surface area contributed by atoms with Gasteiger partial charge in [0.1, 0.15) is 17.3 Å². The first-order chi connectivity index (χ1) is 14.4. The number of aryl methyl sites for hydroxylation is 1. The molecule has 0 saturated heterocycles. The zero-order chi connectivity index (χ0) is 21.7. The Morgan fingerprint density at radius 1 is 1.20 bits per heavy atom. The second-order valence-corrected chi connectivity index (χ2v) is 6.90. The van der Waals surface area contributed by atoms with Crippen LogP contribution in [-0.2, 0) is 11.8 Å². The number of aromatic nitrogens is 4. The average molecular weight is 408 g/mol. The Morgan fingerprint density at radius 3 is 2.63 bits per heavy atom. The van der Waals surface area contributed by atoms with Crippen LogP contribution >= 0.6 is 0 Å². The van der Waals surface area contributed by atoms with E-state index in [4.69, 9.17) is 4.74 Å². The summed E-state index contributed by atoms with van der Waals surface area (Å²) in [6.07, 6.45) is 7.42. The Balaban J connectivity index is 1.64. The molecule has 0 bridgehead atoms. The third-order valence-electron chi connectivity index (χ3n) is 4.61. The van der Waals surface area contributed by atoms with Gasteiger partial charge in [0.2, 0.25) is 5.91 Å². The van der Waals surface area contributed by atoms with Crippen molar-refractivity contribution in [2.45, 2.75) is 20.3 Å². The molecule has 9 heteroatoms. The predicted octanol–water partition coefficient (Wildman–Crippen LogP) is 3.71. The van der Waals surface area contributed by atoms with E-state index in [-0.39, 0.29) is 11.8 Å². The van der Waals surface area contributed by atoms with Gasteiger partial charge in [0.15, 0.2) is 0 Å². The van der Waals surface area contributed by atoms with Gasteiger partial charge in [-0.3, -0.25) is 24.7 Å². The third kappa shape index (κ3) is 4.99. The second-order valence-electron chi connectivity index (χ2n) is 6.90. The van der Waals surface area contributed by atoms with E-state index in [9.17, 15) is 9.59 Å². The molecule has 3 rings (SSSR count). The molecule has 0 aliphatic carbocycles. The molecule has 0 aliphatic heterocycles. The molecule has 0 fully saturated rings. The number of rotatable bonds is 6. The third-order valence-corrected chi connectivity index (χ3v) is 4.61. The Bertz CT molecular complexity index is 1030. The van der Waals surface area contributed by atoms with Crippen molar-refractivity contribution in [3.8, 4) is 22.8 Å². The largest absolute Gasteiger partial charge is 0.456 e. The van der Waals surface area contributed by atoms with Crippen LogP contribution in [0.3, 0.4) is 0 Å². The summed E-state index contributed by atoms with van der Waals surface area (Å²) in [5.41, 5.74) is 1.63. The van der Waals surface area contributed by atoms with Crippen molar-refractivity contribution < 1.29 is 14.3 Å². The first-order valence-electron chi connectivity index (χ1n) is 9.55. The van der Waals surface area contributed by atoms with Crippen molar-refractivity contribution in [2.75, 3.05) is 12.4 Å². The summed E-state index contributed by atoms with van der Waals surface area (Å²) in [6, 6.07) is 6.31. The van der Waals surface area contributed by atoms with Crippen molar-refractivity contribution in [1.29, 1.82) is 0 Å². The highest BCUT2D eigenvalue weighted by atomic mass is 16.5. The zero-order valence-corrected chi connectivity index (χ0v) is 17.4. The van der Waals surface area contributed by atoms with Gasteiger partial charge < -0.3 is 4.74 Å². The molecule has 156 valence electrons. The number of amides is 3. The summed E-state index contributed by atoms with van der Waals surface area (Å²) in [5.74, 6) is 0.960. The maximum absolute atomic E-state index is 12.2. The van der Waals surface area contributed by atoms with Crippen LogP contribution in [0.1, 0.15) is 20.3 Å². The van der Waals surface area contributed by atoms with E-state index >= 15 is 0 Å². The lowest BCUT2D eigenvalue weighted by Crippen LogP contribution is -2.39.